The van der Waals surface area contributed by atoms with Crippen LogP contribution in [-0.4, -0.2) is 75.2 Å². The highest BCUT2D eigenvalue weighted by Gasteiger charge is 2.25. The zero-order chi connectivity index (χ0) is 25.9. The van der Waals surface area contributed by atoms with Crippen molar-refractivity contribution >= 4 is 72.2 Å². The fourth-order valence-corrected chi connectivity index (χ4v) is 5.65. The molecule has 0 unspecified atom stereocenters. The van der Waals surface area contributed by atoms with Gasteiger partial charge in [0.05, 0.1) is 5.52 Å². The SMILES string of the molecule is Brc1cc(Br)c2ncnc(NCCNc3nc(NC4CC4)nc(N4CCN(c5ccccn5)CC4)n3)c2c1. The molecule has 4 aromatic rings. The maximum Gasteiger partial charge on any atom is 0.232 e. The molecule has 0 amide bonds. The number of benzene rings is 1. The first-order valence-corrected chi connectivity index (χ1v) is 14.2. The number of hydrogen-bond acceptors (Lipinski definition) is 11. The van der Waals surface area contributed by atoms with Crippen LogP contribution in [0.5, 0.6) is 0 Å². The molecule has 11 nitrogen and oxygen atoms in total. The quantitative estimate of drug-likeness (QED) is 0.229. The van der Waals surface area contributed by atoms with Crippen LogP contribution in [0.25, 0.3) is 10.9 Å². The number of nitrogens with one attached hydrogen (secondary N) is 3. The molecule has 38 heavy (non-hydrogen) atoms. The molecule has 2 fully saturated rings. The molecule has 3 N–H and O–H groups in total. The fourth-order valence-electron chi connectivity index (χ4n) is 4.32. The number of halogens is 2. The summed E-state index contributed by atoms with van der Waals surface area (Å²) in [4.78, 5) is 31.9. The Hall–Kier alpha value is -3.32. The Labute approximate surface area is 237 Å². The molecule has 0 atom stereocenters. The number of nitrogens with zero attached hydrogens (tertiary/aromatic N) is 8. The van der Waals surface area contributed by atoms with E-state index in [2.05, 4.69) is 77.5 Å². The zero-order valence-corrected chi connectivity index (χ0v) is 23.8. The number of aromatic nitrogens is 6. The number of anilines is 5. The van der Waals surface area contributed by atoms with E-state index in [-0.39, 0.29) is 0 Å². The van der Waals surface area contributed by atoms with Gasteiger partial charge in [0.2, 0.25) is 17.8 Å². The van der Waals surface area contributed by atoms with Gasteiger partial charge in [-0.15, -0.1) is 0 Å². The maximum absolute atomic E-state index is 4.75. The van der Waals surface area contributed by atoms with Crippen molar-refractivity contribution in [2.24, 2.45) is 0 Å². The Kier molecular flexibility index (Phi) is 7.36. The van der Waals surface area contributed by atoms with Crippen molar-refractivity contribution in [3.8, 4) is 0 Å². The first-order chi connectivity index (χ1) is 18.6. The van der Waals surface area contributed by atoms with Crippen molar-refractivity contribution in [1.82, 2.24) is 29.9 Å². The van der Waals surface area contributed by atoms with Gasteiger partial charge in [-0.2, -0.15) is 15.0 Å². The number of rotatable bonds is 9. The molecular formula is C25H27Br2N11. The second-order valence-electron chi connectivity index (χ2n) is 9.22. The van der Waals surface area contributed by atoms with Crippen molar-refractivity contribution in [2.45, 2.75) is 18.9 Å². The third-order valence-corrected chi connectivity index (χ3v) is 7.49. The summed E-state index contributed by atoms with van der Waals surface area (Å²) in [6, 6.07) is 10.5. The Balaban J connectivity index is 1.11. The molecular weight excluding hydrogens is 614 g/mol. The van der Waals surface area contributed by atoms with Crippen LogP contribution >= 0.6 is 31.9 Å². The van der Waals surface area contributed by atoms with Crippen LogP contribution in [0.4, 0.5) is 29.5 Å². The molecule has 1 saturated carbocycles. The van der Waals surface area contributed by atoms with E-state index in [1.807, 2.05) is 36.5 Å². The summed E-state index contributed by atoms with van der Waals surface area (Å²) in [6.07, 6.45) is 5.70. The minimum absolute atomic E-state index is 0.450. The third-order valence-electron chi connectivity index (χ3n) is 6.43. The van der Waals surface area contributed by atoms with E-state index in [1.165, 1.54) is 0 Å². The summed E-state index contributed by atoms with van der Waals surface area (Å²) in [5.74, 6) is 3.65. The van der Waals surface area contributed by atoms with Gasteiger partial charge in [-0.05, 0) is 53.0 Å². The van der Waals surface area contributed by atoms with E-state index in [4.69, 9.17) is 9.97 Å². The normalized spacial score (nSPS) is 15.5. The Morgan fingerprint density at radius 1 is 0.842 bits per heavy atom. The molecule has 13 heteroatoms. The topological polar surface area (TPSA) is 120 Å². The molecule has 1 saturated heterocycles. The van der Waals surface area contributed by atoms with E-state index < -0.39 is 0 Å². The average Bonchev–Trinajstić information content (AvgIpc) is 3.76. The van der Waals surface area contributed by atoms with Gasteiger partial charge in [-0.3, -0.25) is 0 Å². The van der Waals surface area contributed by atoms with Gasteiger partial charge < -0.3 is 25.8 Å². The summed E-state index contributed by atoms with van der Waals surface area (Å²) in [7, 11) is 0. The van der Waals surface area contributed by atoms with Crippen LogP contribution in [-0.2, 0) is 0 Å². The summed E-state index contributed by atoms with van der Waals surface area (Å²) in [5.41, 5.74) is 0.861. The number of hydrogen-bond donors (Lipinski definition) is 3. The minimum atomic E-state index is 0.450. The lowest BCUT2D eigenvalue weighted by Crippen LogP contribution is -2.47. The molecule has 1 aromatic carbocycles. The summed E-state index contributed by atoms with van der Waals surface area (Å²) < 4.78 is 1.88. The monoisotopic (exact) mass is 639 g/mol. The fraction of sp³-hybridized carbons (Fsp3) is 0.360. The molecule has 1 aliphatic heterocycles. The molecule has 0 radical (unpaired) electrons. The van der Waals surface area contributed by atoms with Crippen molar-refractivity contribution in [1.29, 1.82) is 0 Å². The second-order valence-corrected chi connectivity index (χ2v) is 11.0. The smallest absolute Gasteiger partial charge is 0.232 e. The standard InChI is InChI=1S/C25H27Br2N11/c26-16-13-18-21(19(27)14-16)31-15-32-22(18)29-7-8-30-23-34-24(33-17-4-5-17)36-25(35-23)38-11-9-37(10-12-38)20-3-1-2-6-28-20/h1-3,6,13-15,17H,4-5,7-12H2,(H,29,31,32)(H2,30,33,34,35,36). The van der Waals surface area contributed by atoms with Gasteiger partial charge in [-0.25, -0.2) is 15.0 Å². The van der Waals surface area contributed by atoms with Gasteiger partial charge >= 0.3 is 0 Å². The summed E-state index contributed by atoms with van der Waals surface area (Å²) in [6.45, 7) is 4.60. The molecule has 0 bridgehead atoms. The predicted molar refractivity (Wildman–Crippen MR) is 157 cm³/mol. The second kappa shape index (κ2) is 11.2. The van der Waals surface area contributed by atoms with Crippen LogP contribution in [0.3, 0.4) is 0 Å². The Morgan fingerprint density at radius 2 is 1.63 bits per heavy atom. The zero-order valence-electron chi connectivity index (χ0n) is 20.6. The van der Waals surface area contributed by atoms with Gasteiger partial charge in [0.15, 0.2) is 0 Å². The lowest BCUT2D eigenvalue weighted by molar-refractivity contribution is 0.633. The van der Waals surface area contributed by atoms with E-state index in [1.54, 1.807) is 6.33 Å². The Bertz CT molecular complexity index is 1410. The minimum Gasteiger partial charge on any atom is -0.368 e. The van der Waals surface area contributed by atoms with Crippen molar-refractivity contribution in [3.63, 3.8) is 0 Å². The van der Waals surface area contributed by atoms with Gasteiger partial charge in [0.25, 0.3) is 0 Å². The van der Waals surface area contributed by atoms with Gasteiger partial charge in [0.1, 0.15) is 18.0 Å². The van der Waals surface area contributed by atoms with Crippen LogP contribution in [0.2, 0.25) is 0 Å². The third kappa shape index (κ3) is 5.88. The van der Waals surface area contributed by atoms with Crippen LogP contribution in [0.15, 0.2) is 51.8 Å². The number of piperazine rings is 1. The summed E-state index contributed by atoms with van der Waals surface area (Å²) >= 11 is 7.13. The first kappa shape index (κ1) is 25.0. The highest BCUT2D eigenvalue weighted by atomic mass is 79.9. The van der Waals surface area contributed by atoms with Gasteiger partial charge in [-0.1, -0.05) is 22.0 Å². The van der Waals surface area contributed by atoms with Gasteiger partial charge in [0, 0.05) is 65.8 Å². The molecule has 196 valence electrons. The van der Waals surface area contributed by atoms with E-state index in [9.17, 15) is 0 Å². The molecule has 1 aliphatic carbocycles. The first-order valence-electron chi connectivity index (χ1n) is 12.6. The molecule has 4 heterocycles. The van der Waals surface area contributed by atoms with Crippen molar-refractivity contribution < 1.29 is 0 Å². The number of fused-ring (bicyclic) bond motifs is 1. The highest BCUT2D eigenvalue weighted by Crippen LogP contribution is 2.30. The van der Waals surface area contributed by atoms with E-state index in [0.717, 1.165) is 70.5 Å². The average molecular weight is 641 g/mol. The van der Waals surface area contributed by atoms with Crippen LogP contribution < -0.4 is 25.8 Å². The largest absolute Gasteiger partial charge is 0.368 e. The maximum atomic E-state index is 4.75. The molecule has 3 aromatic heterocycles. The predicted octanol–water partition coefficient (Wildman–Crippen LogP) is 4.16. The lowest BCUT2D eigenvalue weighted by Gasteiger charge is -2.35. The summed E-state index contributed by atoms with van der Waals surface area (Å²) in [5, 5.41) is 11.1. The van der Waals surface area contributed by atoms with Crippen LogP contribution in [0.1, 0.15) is 12.8 Å². The van der Waals surface area contributed by atoms with Crippen LogP contribution in [0, 0.1) is 0 Å². The molecule has 6 rings (SSSR count). The lowest BCUT2D eigenvalue weighted by atomic mass is 10.2. The number of pyridine rings is 1. The van der Waals surface area contributed by atoms with Crippen molar-refractivity contribution in [2.75, 3.05) is 65.0 Å². The van der Waals surface area contributed by atoms with Crippen molar-refractivity contribution in [3.05, 3.63) is 51.8 Å². The van der Waals surface area contributed by atoms with E-state index in [0.29, 0.717) is 37.0 Å². The molecule has 0 spiro atoms. The molecule has 2 aliphatic rings. The highest BCUT2D eigenvalue weighted by molar-refractivity contribution is 9.11. The van der Waals surface area contributed by atoms with E-state index >= 15 is 0 Å². The Morgan fingerprint density at radius 3 is 2.42 bits per heavy atom.